The van der Waals surface area contributed by atoms with Crippen molar-refractivity contribution in [1.29, 1.82) is 0 Å². The molecular formula is C16H13Cl2N3O7S. The number of nitrogens with zero attached hydrogens (tertiary/aromatic N) is 1. The van der Waals surface area contributed by atoms with E-state index in [9.17, 15) is 28.1 Å². The molecule has 2 rings (SSSR count). The van der Waals surface area contributed by atoms with Crippen LogP contribution in [0.5, 0.6) is 0 Å². The first-order valence-electron chi connectivity index (χ1n) is 7.68. The first-order chi connectivity index (χ1) is 13.4. The number of sulfonamides is 1. The lowest BCUT2D eigenvalue weighted by atomic mass is 10.2. The number of nitrogens with two attached hydrogens (primary N) is 1. The van der Waals surface area contributed by atoms with E-state index in [-0.39, 0.29) is 31.9 Å². The van der Waals surface area contributed by atoms with Gasteiger partial charge >= 0.3 is 5.97 Å². The van der Waals surface area contributed by atoms with E-state index >= 15 is 0 Å². The Balaban J connectivity index is 2.17. The SMILES string of the molecule is CC(OC(=O)c1cc(S(N)(=O)=O)ccc1Cl)C(=O)Nc1cc([N+](=O)[O-])ccc1Cl. The molecule has 0 saturated heterocycles. The Hall–Kier alpha value is -2.73. The molecule has 154 valence electrons. The Labute approximate surface area is 174 Å². The fourth-order valence-corrected chi connectivity index (χ4v) is 2.97. The van der Waals surface area contributed by atoms with E-state index in [0.717, 1.165) is 30.3 Å². The van der Waals surface area contributed by atoms with E-state index in [4.69, 9.17) is 33.1 Å². The van der Waals surface area contributed by atoms with Crippen LogP contribution in [-0.2, 0) is 19.6 Å². The predicted molar refractivity (Wildman–Crippen MR) is 104 cm³/mol. The lowest BCUT2D eigenvalue weighted by molar-refractivity contribution is -0.384. The first kappa shape index (κ1) is 22.6. The van der Waals surface area contributed by atoms with Crippen LogP contribution in [0, 0.1) is 10.1 Å². The van der Waals surface area contributed by atoms with Gasteiger partial charge in [-0.25, -0.2) is 18.4 Å². The van der Waals surface area contributed by atoms with Gasteiger partial charge in [-0.2, -0.15) is 0 Å². The van der Waals surface area contributed by atoms with Gasteiger partial charge in [0.05, 0.1) is 31.1 Å². The van der Waals surface area contributed by atoms with Crippen molar-refractivity contribution in [2.24, 2.45) is 5.14 Å². The quantitative estimate of drug-likeness (QED) is 0.379. The maximum Gasteiger partial charge on any atom is 0.340 e. The molecule has 0 aromatic heterocycles. The Kier molecular flexibility index (Phi) is 6.80. The van der Waals surface area contributed by atoms with Gasteiger partial charge in [-0.1, -0.05) is 23.2 Å². The van der Waals surface area contributed by atoms with Gasteiger partial charge < -0.3 is 10.1 Å². The van der Waals surface area contributed by atoms with Crippen molar-refractivity contribution in [3.8, 4) is 0 Å². The monoisotopic (exact) mass is 461 g/mol. The predicted octanol–water partition coefficient (Wildman–Crippen LogP) is 2.73. The second-order valence-electron chi connectivity index (χ2n) is 5.64. The molecule has 10 nitrogen and oxygen atoms in total. The summed E-state index contributed by atoms with van der Waals surface area (Å²) < 4.78 is 27.8. The number of non-ortho nitro benzene ring substituents is 1. The molecule has 0 bridgehead atoms. The summed E-state index contributed by atoms with van der Waals surface area (Å²) in [6, 6.07) is 6.59. The molecule has 1 unspecified atom stereocenters. The minimum absolute atomic E-state index is 0.0337. The van der Waals surface area contributed by atoms with Crippen LogP contribution in [0.3, 0.4) is 0 Å². The highest BCUT2D eigenvalue weighted by Gasteiger charge is 2.23. The van der Waals surface area contributed by atoms with Crippen molar-refractivity contribution in [2.75, 3.05) is 5.32 Å². The molecule has 1 atom stereocenters. The fourth-order valence-electron chi connectivity index (χ4n) is 2.07. The number of carbonyl (C=O) groups excluding carboxylic acids is 2. The summed E-state index contributed by atoms with van der Waals surface area (Å²) in [5.41, 5.74) is -0.671. The highest BCUT2D eigenvalue weighted by Crippen LogP contribution is 2.27. The molecule has 0 spiro atoms. The van der Waals surface area contributed by atoms with Gasteiger partial charge in [0.25, 0.3) is 11.6 Å². The molecule has 0 radical (unpaired) electrons. The van der Waals surface area contributed by atoms with Crippen molar-refractivity contribution in [1.82, 2.24) is 0 Å². The minimum atomic E-state index is -4.09. The third-order valence-corrected chi connectivity index (χ3v) is 5.13. The van der Waals surface area contributed by atoms with Crippen LogP contribution in [0.25, 0.3) is 0 Å². The first-order valence-corrected chi connectivity index (χ1v) is 9.98. The number of nitro benzene ring substituents is 1. The third-order valence-electron chi connectivity index (χ3n) is 3.56. The van der Waals surface area contributed by atoms with Crippen LogP contribution in [-0.4, -0.2) is 31.3 Å². The second kappa shape index (κ2) is 8.74. The van der Waals surface area contributed by atoms with Crippen molar-refractivity contribution < 1.29 is 27.7 Å². The molecule has 2 aromatic carbocycles. The summed E-state index contributed by atoms with van der Waals surface area (Å²) in [6.07, 6.45) is -1.37. The average Bonchev–Trinajstić information content (AvgIpc) is 2.62. The summed E-state index contributed by atoms with van der Waals surface area (Å²) in [5.74, 6) is -1.91. The molecule has 0 aliphatic carbocycles. The average molecular weight is 462 g/mol. The van der Waals surface area contributed by atoms with E-state index in [2.05, 4.69) is 5.32 Å². The number of nitrogens with one attached hydrogen (secondary N) is 1. The van der Waals surface area contributed by atoms with Crippen LogP contribution in [0.2, 0.25) is 10.0 Å². The lowest BCUT2D eigenvalue weighted by Crippen LogP contribution is -2.30. The molecule has 2 aromatic rings. The van der Waals surface area contributed by atoms with Crippen molar-refractivity contribution in [2.45, 2.75) is 17.9 Å². The zero-order chi connectivity index (χ0) is 21.9. The molecule has 13 heteroatoms. The number of amides is 1. The van der Waals surface area contributed by atoms with Gasteiger partial charge in [-0.05, 0) is 31.2 Å². The zero-order valence-corrected chi connectivity index (χ0v) is 16.9. The molecule has 3 N–H and O–H groups in total. The number of rotatable bonds is 6. The number of anilines is 1. The highest BCUT2D eigenvalue weighted by molar-refractivity contribution is 7.89. The Morgan fingerprint density at radius 2 is 1.79 bits per heavy atom. The van der Waals surface area contributed by atoms with Crippen LogP contribution >= 0.6 is 23.2 Å². The van der Waals surface area contributed by atoms with E-state index < -0.39 is 32.9 Å². The molecule has 0 saturated carbocycles. The summed E-state index contributed by atoms with van der Waals surface area (Å²) in [7, 11) is -4.09. The number of ether oxygens (including phenoxy) is 1. The Morgan fingerprint density at radius 1 is 1.17 bits per heavy atom. The van der Waals surface area contributed by atoms with E-state index in [1.165, 1.54) is 13.0 Å². The summed E-state index contributed by atoms with van der Waals surface area (Å²) in [4.78, 5) is 34.3. The van der Waals surface area contributed by atoms with Crippen LogP contribution in [0.15, 0.2) is 41.3 Å². The smallest absolute Gasteiger partial charge is 0.340 e. The molecule has 1 amide bonds. The second-order valence-corrected chi connectivity index (χ2v) is 8.02. The highest BCUT2D eigenvalue weighted by atomic mass is 35.5. The fraction of sp³-hybridized carbons (Fsp3) is 0.125. The van der Waals surface area contributed by atoms with Crippen LogP contribution in [0.4, 0.5) is 11.4 Å². The van der Waals surface area contributed by atoms with Gasteiger partial charge in [-0.15, -0.1) is 0 Å². The number of primary sulfonamides is 1. The standard InChI is InChI=1S/C16H13Cl2N3O7S/c1-8(15(22)20-14-6-9(21(24)25)2-4-13(14)18)28-16(23)11-7-10(29(19,26)27)3-5-12(11)17/h2-8H,1H3,(H,20,22)(H2,19,26,27). The van der Waals surface area contributed by atoms with Gasteiger partial charge in [0.15, 0.2) is 6.10 Å². The topological polar surface area (TPSA) is 159 Å². The number of esters is 1. The Bertz CT molecular complexity index is 1110. The maximum atomic E-state index is 12.3. The number of hydrogen-bond acceptors (Lipinski definition) is 7. The zero-order valence-electron chi connectivity index (χ0n) is 14.6. The summed E-state index contributed by atoms with van der Waals surface area (Å²) in [6.45, 7) is 1.23. The lowest BCUT2D eigenvalue weighted by Gasteiger charge is -2.15. The van der Waals surface area contributed by atoms with Crippen LogP contribution in [0.1, 0.15) is 17.3 Å². The normalized spacial score (nSPS) is 12.1. The third kappa shape index (κ3) is 5.64. The van der Waals surface area contributed by atoms with E-state index in [1.807, 2.05) is 0 Å². The molecule has 29 heavy (non-hydrogen) atoms. The van der Waals surface area contributed by atoms with Gasteiger partial charge in [0.2, 0.25) is 10.0 Å². The van der Waals surface area contributed by atoms with Crippen molar-refractivity contribution in [3.63, 3.8) is 0 Å². The van der Waals surface area contributed by atoms with Gasteiger partial charge in [-0.3, -0.25) is 14.9 Å². The van der Waals surface area contributed by atoms with Crippen molar-refractivity contribution >= 4 is 56.5 Å². The minimum Gasteiger partial charge on any atom is -0.449 e. The van der Waals surface area contributed by atoms with Gasteiger partial charge in [0, 0.05) is 12.1 Å². The molecule has 0 aliphatic rings. The summed E-state index contributed by atoms with van der Waals surface area (Å²) in [5, 5.41) is 18.1. The summed E-state index contributed by atoms with van der Waals surface area (Å²) >= 11 is 11.8. The number of nitro groups is 1. The maximum absolute atomic E-state index is 12.3. The number of benzene rings is 2. The van der Waals surface area contributed by atoms with E-state index in [0.29, 0.717) is 0 Å². The molecule has 0 aliphatic heterocycles. The van der Waals surface area contributed by atoms with Crippen LogP contribution < -0.4 is 10.5 Å². The van der Waals surface area contributed by atoms with Crippen molar-refractivity contribution in [3.05, 3.63) is 62.1 Å². The molecule has 0 heterocycles. The number of carbonyl (C=O) groups is 2. The molecule has 0 fully saturated rings. The number of hydrogen-bond donors (Lipinski definition) is 2. The van der Waals surface area contributed by atoms with E-state index in [1.54, 1.807) is 0 Å². The largest absolute Gasteiger partial charge is 0.449 e. The number of halogens is 2. The van der Waals surface area contributed by atoms with Gasteiger partial charge in [0.1, 0.15) is 0 Å². The Morgan fingerprint density at radius 3 is 2.38 bits per heavy atom. The molecular weight excluding hydrogens is 449 g/mol.